The topological polar surface area (TPSA) is 58.1 Å². The number of carbonyl (C=O) groups excluding carboxylic acids is 1. The zero-order chi connectivity index (χ0) is 24.1. The van der Waals surface area contributed by atoms with Crippen LogP contribution in [0.3, 0.4) is 0 Å². The second kappa shape index (κ2) is 8.06. The molecule has 1 aromatic heterocycles. The second-order valence-corrected chi connectivity index (χ2v) is 8.97. The van der Waals surface area contributed by atoms with E-state index < -0.39 is 0 Å². The first-order valence-electron chi connectivity index (χ1n) is 11.6. The Morgan fingerprint density at radius 2 is 1.29 bits per heavy atom. The molecule has 5 nitrogen and oxygen atoms in total. The summed E-state index contributed by atoms with van der Waals surface area (Å²) in [7, 11) is 1.77. The third-order valence-electron chi connectivity index (χ3n) is 6.75. The largest absolute Gasteiger partial charge is 0.326 e. The average molecular weight is 457 g/mol. The third kappa shape index (κ3) is 3.53. The van der Waals surface area contributed by atoms with E-state index in [1.165, 1.54) is 10.9 Å². The number of aryl methyl sites for hydroxylation is 2. The molecule has 0 saturated heterocycles. The molecule has 0 aliphatic carbocycles. The lowest BCUT2D eigenvalue weighted by molar-refractivity contribution is 0.258. The van der Waals surface area contributed by atoms with Gasteiger partial charge in [-0.2, -0.15) is 0 Å². The summed E-state index contributed by atoms with van der Waals surface area (Å²) in [5.41, 5.74) is 7.15. The smallest absolute Gasteiger partial charge is 0.307 e. The molecular formula is C30H24N4O. The number of hydrogen-bond acceptors (Lipinski definition) is 3. The van der Waals surface area contributed by atoms with Crippen LogP contribution >= 0.6 is 0 Å². The summed E-state index contributed by atoms with van der Waals surface area (Å²) in [5, 5.41) is 7.48. The van der Waals surface area contributed by atoms with Crippen LogP contribution in [0, 0.1) is 13.8 Å². The van der Waals surface area contributed by atoms with Gasteiger partial charge in [0, 0.05) is 29.2 Å². The van der Waals surface area contributed by atoms with Crippen LogP contribution in [0.15, 0.2) is 84.9 Å². The van der Waals surface area contributed by atoms with Gasteiger partial charge in [0.15, 0.2) is 0 Å². The molecule has 0 saturated carbocycles. The number of fused-ring (bicyclic) bond motifs is 7. The van der Waals surface area contributed by atoms with E-state index in [4.69, 9.17) is 9.97 Å². The molecule has 0 atom stereocenters. The highest BCUT2D eigenvalue weighted by molar-refractivity contribution is 6.23. The summed E-state index contributed by atoms with van der Waals surface area (Å²) in [4.78, 5) is 24.6. The van der Waals surface area contributed by atoms with Gasteiger partial charge in [0.05, 0.1) is 22.1 Å². The van der Waals surface area contributed by atoms with E-state index >= 15 is 0 Å². The van der Waals surface area contributed by atoms with Crippen molar-refractivity contribution in [2.75, 3.05) is 17.3 Å². The number of nitrogens with zero attached hydrogens (tertiary/aromatic N) is 3. The van der Waals surface area contributed by atoms with Crippen LogP contribution in [-0.2, 0) is 0 Å². The van der Waals surface area contributed by atoms with E-state index in [2.05, 4.69) is 48.6 Å². The lowest BCUT2D eigenvalue weighted by Gasteiger charge is -2.19. The van der Waals surface area contributed by atoms with E-state index in [-0.39, 0.29) is 6.03 Å². The molecule has 0 unspecified atom stereocenters. The number of carbonyl (C=O) groups is 1. The number of nitrogens with one attached hydrogen (secondary N) is 1. The number of hydrogen-bond donors (Lipinski definition) is 1. The van der Waals surface area contributed by atoms with Crippen LogP contribution in [-0.4, -0.2) is 23.0 Å². The van der Waals surface area contributed by atoms with Crippen molar-refractivity contribution in [1.82, 2.24) is 9.97 Å². The van der Waals surface area contributed by atoms with Gasteiger partial charge in [-0.3, -0.25) is 4.90 Å². The molecule has 0 aliphatic rings. The predicted molar refractivity (Wildman–Crippen MR) is 145 cm³/mol. The second-order valence-electron chi connectivity index (χ2n) is 8.97. The van der Waals surface area contributed by atoms with Crippen molar-refractivity contribution >= 4 is 61.0 Å². The quantitative estimate of drug-likeness (QED) is 0.218. The highest BCUT2D eigenvalue weighted by Crippen LogP contribution is 2.34. The van der Waals surface area contributed by atoms with Crippen LogP contribution in [0.1, 0.15) is 11.1 Å². The molecule has 5 aromatic carbocycles. The molecule has 0 spiro atoms. The number of rotatable bonds is 2. The van der Waals surface area contributed by atoms with Crippen molar-refractivity contribution in [3.8, 4) is 0 Å². The lowest BCUT2D eigenvalue weighted by atomic mass is 9.99. The van der Waals surface area contributed by atoms with Crippen LogP contribution < -0.4 is 10.2 Å². The Hall–Kier alpha value is -4.51. The van der Waals surface area contributed by atoms with Crippen molar-refractivity contribution in [2.24, 2.45) is 0 Å². The number of amides is 2. The van der Waals surface area contributed by atoms with E-state index in [9.17, 15) is 4.79 Å². The maximum atomic E-state index is 13.0. The molecule has 0 bridgehead atoms. The Morgan fingerprint density at radius 1 is 0.686 bits per heavy atom. The molecule has 0 aliphatic heterocycles. The Bertz CT molecular complexity index is 1790. The van der Waals surface area contributed by atoms with Crippen molar-refractivity contribution in [2.45, 2.75) is 13.8 Å². The molecule has 35 heavy (non-hydrogen) atoms. The fraction of sp³-hybridized carbons (Fsp3) is 0.100. The molecule has 170 valence electrons. The van der Waals surface area contributed by atoms with Crippen molar-refractivity contribution in [1.29, 1.82) is 0 Å². The zero-order valence-electron chi connectivity index (χ0n) is 19.8. The maximum absolute atomic E-state index is 13.0. The monoisotopic (exact) mass is 456 g/mol. The van der Waals surface area contributed by atoms with Gasteiger partial charge in [-0.25, -0.2) is 14.8 Å². The van der Waals surface area contributed by atoms with E-state index in [0.717, 1.165) is 49.5 Å². The molecule has 6 rings (SSSR count). The summed E-state index contributed by atoms with van der Waals surface area (Å²) in [6.45, 7) is 4.11. The maximum Gasteiger partial charge on any atom is 0.326 e. The normalized spacial score (nSPS) is 11.4. The Morgan fingerprint density at radius 3 is 1.91 bits per heavy atom. The fourth-order valence-corrected chi connectivity index (χ4v) is 4.62. The summed E-state index contributed by atoms with van der Waals surface area (Å²) < 4.78 is 0. The zero-order valence-corrected chi connectivity index (χ0v) is 19.8. The van der Waals surface area contributed by atoms with Gasteiger partial charge in [0.25, 0.3) is 0 Å². The minimum Gasteiger partial charge on any atom is -0.307 e. The van der Waals surface area contributed by atoms with E-state index in [1.807, 2.05) is 55.5 Å². The summed E-state index contributed by atoms with van der Waals surface area (Å²) >= 11 is 0. The third-order valence-corrected chi connectivity index (χ3v) is 6.75. The SMILES string of the molecule is Cc1ccc(N(C)C(=O)Nc2ccc3nc4c5ccccc5c5ccccc5c4nc3c2)cc1C. The van der Waals surface area contributed by atoms with Crippen LogP contribution in [0.2, 0.25) is 0 Å². The van der Waals surface area contributed by atoms with Crippen LogP contribution in [0.25, 0.3) is 43.6 Å². The van der Waals surface area contributed by atoms with Gasteiger partial charge in [-0.1, -0.05) is 54.6 Å². The molecule has 0 radical (unpaired) electrons. The Labute approximate surface area is 203 Å². The number of anilines is 2. The summed E-state index contributed by atoms with van der Waals surface area (Å²) in [6.07, 6.45) is 0. The number of aromatic nitrogens is 2. The van der Waals surface area contributed by atoms with Crippen LogP contribution in [0.4, 0.5) is 16.2 Å². The minimum absolute atomic E-state index is 0.210. The van der Waals surface area contributed by atoms with Crippen molar-refractivity contribution in [3.63, 3.8) is 0 Å². The van der Waals surface area contributed by atoms with Gasteiger partial charge >= 0.3 is 6.03 Å². The summed E-state index contributed by atoms with van der Waals surface area (Å²) in [5.74, 6) is 0. The van der Waals surface area contributed by atoms with Gasteiger partial charge in [-0.15, -0.1) is 0 Å². The van der Waals surface area contributed by atoms with Gasteiger partial charge in [-0.05, 0) is 66.1 Å². The molecule has 0 fully saturated rings. The first-order chi connectivity index (χ1) is 17.0. The van der Waals surface area contributed by atoms with Crippen molar-refractivity contribution in [3.05, 3.63) is 96.1 Å². The Kier molecular flexibility index (Phi) is 4.85. The Balaban J connectivity index is 1.43. The molecule has 6 aromatic rings. The van der Waals surface area contributed by atoms with Crippen molar-refractivity contribution < 1.29 is 4.79 Å². The minimum atomic E-state index is -0.210. The predicted octanol–water partition coefficient (Wildman–Crippen LogP) is 7.37. The van der Waals surface area contributed by atoms with E-state index in [1.54, 1.807) is 11.9 Å². The van der Waals surface area contributed by atoms with Gasteiger partial charge < -0.3 is 5.32 Å². The van der Waals surface area contributed by atoms with Crippen LogP contribution in [0.5, 0.6) is 0 Å². The summed E-state index contributed by atoms with van der Waals surface area (Å²) in [6, 6.07) is 28.1. The van der Waals surface area contributed by atoms with E-state index in [0.29, 0.717) is 5.69 Å². The first-order valence-corrected chi connectivity index (χ1v) is 11.6. The first kappa shape index (κ1) is 21.1. The molecule has 2 amide bonds. The molecular weight excluding hydrogens is 432 g/mol. The molecule has 1 N–H and O–H groups in total. The highest BCUT2D eigenvalue weighted by atomic mass is 16.2. The number of urea groups is 1. The fourth-order valence-electron chi connectivity index (χ4n) is 4.62. The van der Waals surface area contributed by atoms with Gasteiger partial charge in [0.1, 0.15) is 0 Å². The average Bonchev–Trinajstić information content (AvgIpc) is 2.89. The highest BCUT2D eigenvalue weighted by Gasteiger charge is 2.14. The van der Waals surface area contributed by atoms with Gasteiger partial charge in [0.2, 0.25) is 0 Å². The number of benzene rings is 5. The standard InChI is InChI=1S/C30H24N4O/c1-18-12-14-21(16-19(18)2)34(3)30(35)31-20-13-15-26-27(17-20)33-29-25-11-7-5-9-23(25)22-8-4-6-10-24(22)28(29)32-26/h4-17H,1-3H3,(H,31,35). The molecule has 1 heterocycles. The molecule has 5 heteroatoms. The lowest BCUT2D eigenvalue weighted by Crippen LogP contribution is -2.31.